The highest BCUT2D eigenvalue weighted by molar-refractivity contribution is 6.04. The summed E-state index contributed by atoms with van der Waals surface area (Å²) in [7, 11) is 0. The molecule has 1 aromatic heterocycles. The molecule has 0 aliphatic heterocycles. The van der Waals surface area contributed by atoms with Gasteiger partial charge in [0.2, 0.25) is 0 Å². The molecule has 3 aromatic carbocycles. The van der Waals surface area contributed by atoms with Gasteiger partial charge in [0.15, 0.2) is 0 Å². The van der Waals surface area contributed by atoms with E-state index in [4.69, 9.17) is 0 Å². The van der Waals surface area contributed by atoms with Gasteiger partial charge in [-0.2, -0.15) is 0 Å². The third-order valence-corrected chi connectivity index (χ3v) is 4.29. The van der Waals surface area contributed by atoms with Crippen molar-refractivity contribution in [2.45, 2.75) is 6.54 Å². The molecule has 0 atom stereocenters. The first-order chi connectivity index (χ1) is 12.7. The number of benzene rings is 3. The summed E-state index contributed by atoms with van der Waals surface area (Å²) in [5, 5.41) is 6.44. The first kappa shape index (κ1) is 15.9. The van der Waals surface area contributed by atoms with Crippen LogP contribution in [0.1, 0.15) is 15.9 Å². The van der Waals surface area contributed by atoms with Gasteiger partial charge in [0.25, 0.3) is 11.5 Å². The number of H-pyrrole nitrogens is 1. The Morgan fingerprint density at radius 3 is 2.42 bits per heavy atom. The molecular weight excluding hydrogens is 326 g/mol. The third kappa shape index (κ3) is 2.91. The number of carbonyl (C=O) groups excluding carboxylic acids is 1. The second-order valence-electron chi connectivity index (χ2n) is 5.98. The van der Waals surface area contributed by atoms with Crippen molar-refractivity contribution >= 4 is 22.5 Å². The van der Waals surface area contributed by atoms with Crippen molar-refractivity contribution in [3.8, 4) is 0 Å². The fourth-order valence-corrected chi connectivity index (χ4v) is 2.98. The van der Waals surface area contributed by atoms with Gasteiger partial charge in [-0.05, 0) is 29.8 Å². The van der Waals surface area contributed by atoms with Crippen LogP contribution in [0.15, 0.2) is 83.7 Å². The van der Waals surface area contributed by atoms with Crippen molar-refractivity contribution in [1.29, 1.82) is 0 Å². The Balaban J connectivity index is 1.69. The monoisotopic (exact) mass is 343 g/mol. The average molecular weight is 343 g/mol. The zero-order valence-electron chi connectivity index (χ0n) is 14.0. The number of anilines is 1. The number of nitrogens with one attached hydrogen (secondary N) is 2. The minimum absolute atomic E-state index is 0.274. The molecule has 0 fully saturated rings. The van der Waals surface area contributed by atoms with Gasteiger partial charge in [0, 0.05) is 12.2 Å². The second-order valence-corrected chi connectivity index (χ2v) is 5.98. The van der Waals surface area contributed by atoms with Crippen LogP contribution < -0.4 is 10.9 Å². The van der Waals surface area contributed by atoms with E-state index < -0.39 is 0 Å². The van der Waals surface area contributed by atoms with Gasteiger partial charge < -0.3 is 5.32 Å². The smallest absolute Gasteiger partial charge is 0.279 e. The molecule has 0 saturated carbocycles. The molecule has 1 heterocycles. The van der Waals surface area contributed by atoms with E-state index in [0.29, 0.717) is 23.0 Å². The summed E-state index contributed by atoms with van der Waals surface area (Å²) >= 11 is 0. The summed E-state index contributed by atoms with van der Waals surface area (Å²) in [5.74, 6) is -0.278. The normalized spacial score (nSPS) is 10.8. The van der Waals surface area contributed by atoms with E-state index in [0.717, 1.165) is 11.3 Å². The number of aromatic amines is 1. The number of fused-ring (bicyclic) bond motifs is 1. The van der Waals surface area contributed by atoms with Crippen LogP contribution in [0.5, 0.6) is 0 Å². The van der Waals surface area contributed by atoms with Crippen LogP contribution in [0.2, 0.25) is 0 Å². The predicted octanol–water partition coefficient (Wildman–Crippen LogP) is 3.63. The highest BCUT2D eigenvalue weighted by Crippen LogP contribution is 2.19. The summed E-state index contributed by atoms with van der Waals surface area (Å²) in [4.78, 5) is 25.1. The molecule has 0 radical (unpaired) electrons. The molecule has 0 amide bonds. The van der Waals surface area contributed by atoms with Crippen molar-refractivity contribution in [3.05, 3.63) is 100 Å². The molecule has 0 spiro atoms. The van der Waals surface area contributed by atoms with Crippen LogP contribution in [0.4, 0.5) is 5.69 Å². The standard InChI is InChI=1S/C21H17N3O2/c25-20-17-11-5-7-13-19(17)24(23-20)21(26)16-10-4-6-12-18(16)22-14-15-8-2-1-3-9-15/h1-13,22H,14H2,(H,23,25). The van der Waals surface area contributed by atoms with Gasteiger partial charge in [0.1, 0.15) is 0 Å². The maximum atomic E-state index is 13.1. The molecule has 5 heteroatoms. The van der Waals surface area contributed by atoms with E-state index in [1.165, 1.54) is 4.68 Å². The lowest BCUT2D eigenvalue weighted by atomic mass is 10.1. The molecular formula is C21H17N3O2. The Morgan fingerprint density at radius 1 is 0.885 bits per heavy atom. The maximum Gasteiger partial charge on any atom is 0.279 e. The Morgan fingerprint density at radius 2 is 1.58 bits per heavy atom. The molecule has 26 heavy (non-hydrogen) atoms. The zero-order valence-corrected chi connectivity index (χ0v) is 14.0. The van der Waals surface area contributed by atoms with Crippen molar-refractivity contribution in [3.63, 3.8) is 0 Å². The largest absolute Gasteiger partial charge is 0.380 e. The molecule has 4 rings (SSSR count). The van der Waals surface area contributed by atoms with E-state index >= 15 is 0 Å². The highest BCUT2D eigenvalue weighted by Gasteiger charge is 2.17. The van der Waals surface area contributed by atoms with Crippen LogP contribution in [0, 0.1) is 0 Å². The summed E-state index contributed by atoms with van der Waals surface area (Å²) < 4.78 is 1.31. The molecule has 0 bridgehead atoms. The van der Waals surface area contributed by atoms with Crippen molar-refractivity contribution < 1.29 is 4.79 Å². The van der Waals surface area contributed by atoms with Gasteiger partial charge in [-0.3, -0.25) is 14.7 Å². The van der Waals surface area contributed by atoms with Crippen LogP contribution in [-0.4, -0.2) is 15.7 Å². The SMILES string of the molecule is O=C(c1ccccc1NCc1ccccc1)n1[nH]c(=O)c2ccccc21. The molecule has 5 nitrogen and oxygen atoms in total. The number of hydrogen-bond acceptors (Lipinski definition) is 3. The minimum Gasteiger partial charge on any atom is -0.380 e. The number of hydrogen-bond donors (Lipinski definition) is 2. The van der Waals surface area contributed by atoms with Crippen molar-refractivity contribution in [1.82, 2.24) is 9.78 Å². The molecule has 128 valence electrons. The van der Waals surface area contributed by atoms with Crippen LogP contribution in [0.25, 0.3) is 10.9 Å². The predicted molar refractivity (Wildman–Crippen MR) is 102 cm³/mol. The Labute approximate surface area is 149 Å². The van der Waals surface area contributed by atoms with E-state index in [-0.39, 0.29) is 11.5 Å². The van der Waals surface area contributed by atoms with Gasteiger partial charge >= 0.3 is 0 Å². The lowest BCUT2D eigenvalue weighted by Gasteiger charge is -2.12. The first-order valence-corrected chi connectivity index (χ1v) is 8.35. The first-order valence-electron chi connectivity index (χ1n) is 8.35. The molecule has 0 aliphatic carbocycles. The fraction of sp³-hybridized carbons (Fsp3) is 0.0476. The van der Waals surface area contributed by atoms with Gasteiger partial charge in [-0.1, -0.05) is 54.6 Å². The Bertz CT molecular complexity index is 1130. The number of carbonyl (C=O) groups is 1. The maximum absolute atomic E-state index is 13.1. The topological polar surface area (TPSA) is 66.9 Å². The minimum atomic E-state index is -0.278. The summed E-state index contributed by atoms with van der Waals surface area (Å²) in [6, 6.07) is 24.3. The zero-order chi connectivity index (χ0) is 17.9. The van der Waals surface area contributed by atoms with Gasteiger partial charge in [-0.25, -0.2) is 4.68 Å². The fourth-order valence-electron chi connectivity index (χ4n) is 2.98. The molecule has 0 unspecified atom stereocenters. The van der Waals surface area contributed by atoms with Crippen LogP contribution in [-0.2, 0) is 6.54 Å². The quantitative estimate of drug-likeness (QED) is 0.595. The summed E-state index contributed by atoms with van der Waals surface area (Å²) in [6.07, 6.45) is 0. The third-order valence-electron chi connectivity index (χ3n) is 4.29. The molecule has 0 saturated heterocycles. The lowest BCUT2D eigenvalue weighted by molar-refractivity contribution is 0.0950. The van der Waals surface area contributed by atoms with E-state index in [1.54, 1.807) is 30.3 Å². The molecule has 4 aromatic rings. The van der Waals surface area contributed by atoms with E-state index in [2.05, 4.69) is 10.4 Å². The van der Waals surface area contributed by atoms with Gasteiger partial charge in [-0.15, -0.1) is 0 Å². The summed E-state index contributed by atoms with van der Waals surface area (Å²) in [6.45, 7) is 0.605. The number of nitrogens with zero attached hydrogens (tertiary/aromatic N) is 1. The second kappa shape index (κ2) is 6.72. The Kier molecular flexibility index (Phi) is 4.11. The average Bonchev–Trinajstić information content (AvgIpc) is 3.04. The van der Waals surface area contributed by atoms with Gasteiger partial charge in [0.05, 0.1) is 16.5 Å². The number of rotatable bonds is 4. The summed E-state index contributed by atoms with van der Waals surface area (Å²) in [5.41, 5.74) is 2.64. The van der Waals surface area contributed by atoms with E-state index in [1.807, 2.05) is 48.5 Å². The highest BCUT2D eigenvalue weighted by atomic mass is 16.2. The van der Waals surface area contributed by atoms with Crippen LogP contribution in [0.3, 0.4) is 0 Å². The number of para-hydroxylation sites is 2. The molecule has 2 N–H and O–H groups in total. The number of aromatic nitrogens is 2. The van der Waals surface area contributed by atoms with Crippen molar-refractivity contribution in [2.24, 2.45) is 0 Å². The molecule has 0 aliphatic rings. The Hall–Kier alpha value is -3.60. The lowest BCUT2D eigenvalue weighted by Crippen LogP contribution is -2.18. The van der Waals surface area contributed by atoms with E-state index in [9.17, 15) is 9.59 Å². The van der Waals surface area contributed by atoms with Crippen LogP contribution >= 0.6 is 0 Å². The van der Waals surface area contributed by atoms with Crippen molar-refractivity contribution in [2.75, 3.05) is 5.32 Å².